The van der Waals surface area contributed by atoms with Crippen molar-refractivity contribution < 1.29 is 9.21 Å². The van der Waals surface area contributed by atoms with Crippen LogP contribution in [0.2, 0.25) is 0 Å². The molecular weight excluding hydrogens is 336 g/mol. The van der Waals surface area contributed by atoms with Crippen LogP contribution >= 0.6 is 15.9 Å². The molecule has 6 nitrogen and oxygen atoms in total. The smallest absolute Gasteiger partial charge is 0.248 e. The third-order valence-electron chi connectivity index (χ3n) is 2.75. The summed E-state index contributed by atoms with van der Waals surface area (Å²) >= 11 is 3.45. The number of carbonyl (C=O) groups is 1. The minimum absolute atomic E-state index is 0.0319. The molecule has 0 fully saturated rings. The van der Waals surface area contributed by atoms with Gasteiger partial charge in [-0.25, -0.2) is 0 Å². The van der Waals surface area contributed by atoms with Gasteiger partial charge in [0.05, 0.1) is 12.1 Å². The highest BCUT2D eigenvalue weighted by Crippen LogP contribution is 2.26. The molecule has 0 radical (unpaired) electrons. The van der Waals surface area contributed by atoms with Crippen molar-refractivity contribution in [3.63, 3.8) is 0 Å². The van der Waals surface area contributed by atoms with E-state index in [-0.39, 0.29) is 5.91 Å². The summed E-state index contributed by atoms with van der Waals surface area (Å²) in [5.41, 5.74) is 0.860. The van der Waals surface area contributed by atoms with Gasteiger partial charge in [0.2, 0.25) is 17.7 Å². The molecule has 2 aromatic rings. The van der Waals surface area contributed by atoms with Crippen LogP contribution < -0.4 is 10.6 Å². The van der Waals surface area contributed by atoms with E-state index in [1.54, 1.807) is 0 Å². The van der Waals surface area contributed by atoms with E-state index in [2.05, 4.69) is 36.8 Å². The zero-order valence-electron chi connectivity index (χ0n) is 11.7. The van der Waals surface area contributed by atoms with Crippen LogP contribution in [-0.2, 0) is 11.3 Å². The number of aromatic nitrogens is 2. The van der Waals surface area contributed by atoms with Crippen LogP contribution in [0.5, 0.6) is 0 Å². The molecule has 7 heteroatoms. The van der Waals surface area contributed by atoms with E-state index in [4.69, 9.17) is 4.42 Å². The van der Waals surface area contributed by atoms with E-state index in [1.165, 1.54) is 0 Å². The first kappa shape index (κ1) is 15.7. The predicted octanol–water partition coefficient (Wildman–Crippen LogP) is 2.11. The Morgan fingerprint density at radius 2 is 2.14 bits per heavy atom. The van der Waals surface area contributed by atoms with Gasteiger partial charge in [0, 0.05) is 24.0 Å². The highest BCUT2D eigenvalue weighted by molar-refractivity contribution is 9.10. The molecule has 0 aliphatic rings. The molecule has 1 heterocycles. The summed E-state index contributed by atoms with van der Waals surface area (Å²) in [6.45, 7) is 3.56. The number of nitrogens with zero attached hydrogens (tertiary/aromatic N) is 2. The van der Waals surface area contributed by atoms with Crippen LogP contribution in [0.15, 0.2) is 33.2 Å². The summed E-state index contributed by atoms with van der Waals surface area (Å²) in [5.74, 6) is 1.00. The van der Waals surface area contributed by atoms with Crippen LogP contribution in [0, 0.1) is 0 Å². The number of carbonyl (C=O) groups excluding carboxylic acids is 1. The van der Waals surface area contributed by atoms with Gasteiger partial charge >= 0.3 is 0 Å². The Labute approximate surface area is 131 Å². The normalized spacial score (nSPS) is 10.6. The maximum atomic E-state index is 11.3. The van der Waals surface area contributed by atoms with Crippen LogP contribution in [-0.4, -0.2) is 29.2 Å². The molecule has 0 atom stereocenters. The molecule has 1 aromatic carbocycles. The standard InChI is InChI=1S/C14H17BrN4O2/c1-2-17-12(20)7-8-16-9-13-18-19-14(21-13)10-5-3-4-6-11(10)15/h3-6,16H,2,7-9H2,1H3,(H,17,20). The average molecular weight is 353 g/mol. The summed E-state index contributed by atoms with van der Waals surface area (Å²) in [6.07, 6.45) is 0.430. The minimum atomic E-state index is 0.0319. The molecule has 112 valence electrons. The van der Waals surface area contributed by atoms with Gasteiger partial charge in [-0.05, 0) is 35.0 Å². The fourth-order valence-electron chi connectivity index (χ4n) is 1.75. The number of nitrogens with one attached hydrogen (secondary N) is 2. The third kappa shape index (κ3) is 4.64. The second-order valence-electron chi connectivity index (χ2n) is 4.36. The lowest BCUT2D eigenvalue weighted by atomic mass is 10.2. The van der Waals surface area contributed by atoms with Gasteiger partial charge in [-0.3, -0.25) is 4.79 Å². The summed E-state index contributed by atoms with van der Waals surface area (Å²) in [5, 5.41) is 13.9. The molecule has 0 saturated heterocycles. The van der Waals surface area contributed by atoms with Gasteiger partial charge in [0.15, 0.2) is 0 Å². The summed E-state index contributed by atoms with van der Waals surface area (Å²) in [6, 6.07) is 7.66. The Balaban J connectivity index is 1.84. The van der Waals surface area contributed by atoms with Crippen LogP contribution in [0.1, 0.15) is 19.2 Å². The zero-order chi connectivity index (χ0) is 15.1. The number of hydrogen-bond acceptors (Lipinski definition) is 5. The van der Waals surface area contributed by atoms with Crippen LogP contribution in [0.25, 0.3) is 11.5 Å². The molecule has 1 amide bonds. The lowest BCUT2D eigenvalue weighted by Crippen LogP contribution is -2.27. The van der Waals surface area contributed by atoms with E-state index >= 15 is 0 Å². The summed E-state index contributed by atoms with van der Waals surface area (Å²) < 4.78 is 6.50. The zero-order valence-corrected chi connectivity index (χ0v) is 13.3. The summed E-state index contributed by atoms with van der Waals surface area (Å²) in [7, 11) is 0. The maximum Gasteiger partial charge on any atom is 0.248 e. The molecule has 0 aliphatic carbocycles. The molecule has 1 aromatic heterocycles. The number of amides is 1. The third-order valence-corrected chi connectivity index (χ3v) is 3.44. The first-order valence-electron chi connectivity index (χ1n) is 6.75. The number of rotatable bonds is 7. The second kappa shape index (κ2) is 7.90. The maximum absolute atomic E-state index is 11.3. The molecule has 0 unspecified atom stereocenters. The first-order valence-corrected chi connectivity index (χ1v) is 7.54. The topological polar surface area (TPSA) is 80.0 Å². The van der Waals surface area contributed by atoms with E-state index in [9.17, 15) is 4.79 Å². The molecule has 2 N–H and O–H groups in total. The molecule has 2 rings (SSSR count). The van der Waals surface area contributed by atoms with Crippen LogP contribution in [0.3, 0.4) is 0 Å². The number of halogens is 1. The summed E-state index contributed by atoms with van der Waals surface area (Å²) in [4.78, 5) is 11.3. The molecule has 21 heavy (non-hydrogen) atoms. The van der Waals surface area contributed by atoms with Crippen molar-refractivity contribution in [2.45, 2.75) is 19.9 Å². The number of hydrogen-bond donors (Lipinski definition) is 2. The van der Waals surface area contributed by atoms with Gasteiger partial charge < -0.3 is 15.1 Å². The largest absolute Gasteiger partial charge is 0.419 e. The van der Waals surface area contributed by atoms with Gasteiger partial charge in [-0.15, -0.1) is 10.2 Å². The van der Waals surface area contributed by atoms with Crippen molar-refractivity contribution in [1.82, 2.24) is 20.8 Å². The Morgan fingerprint density at radius 1 is 1.33 bits per heavy atom. The minimum Gasteiger partial charge on any atom is -0.419 e. The molecule has 0 saturated carbocycles. The number of benzene rings is 1. The molecule has 0 spiro atoms. The highest BCUT2D eigenvalue weighted by atomic mass is 79.9. The van der Waals surface area contributed by atoms with Crippen LogP contribution in [0.4, 0.5) is 0 Å². The van der Waals surface area contributed by atoms with Crippen molar-refractivity contribution in [1.29, 1.82) is 0 Å². The first-order chi connectivity index (χ1) is 10.2. The van der Waals surface area contributed by atoms with Crippen molar-refractivity contribution in [2.75, 3.05) is 13.1 Å². The van der Waals surface area contributed by atoms with Gasteiger partial charge in [-0.2, -0.15) is 0 Å². The average Bonchev–Trinajstić information content (AvgIpc) is 2.93. The Bertz CT molecular complexity index is 600. The van der Waals surface area contributed by atoms with Crippen molar-refractivity contribution >= 4 is 21.8 Å². The van der Waals surface area contributed by atoms with Gasteiger partial charge in [-0.1, -0.05) is 12.1 Å². The molecule has 0 bridgehead atoms. The quantitative estimate of drug-likeness (QED) is 0.746. The monoisotopic (exact) mass is 352 g/mol. The lowest BCUT2D eigenvalue weighted by molar-refractivity contribution is -0.120. The van der Waals surface area contributed by atoms with E-state index in [1.807, 2.05) is 31.2 Å². The van der Waals surface area contributed by atoms with E-state index in [0.29, 0.717) is 37.8 Å². The van der Waals surface area contributed by atoms with Crippen molar-refractivity contribution in [2.24, 2.45) is 0 Å². The van der Waals surface area contributed by atoms with E-state index in [0.717, 1.165) is 10.0 Å². The second-order valence-corrected chi connectivity index (χ2v) is 5.22. The van der Waals surface area contributed by atoms with E-state index < -0.39 is 0 Å². The van der Waals surface area contributed by atoms with Gasteiger partial charge in [0.25, 0.3) is 0 Å². The Morgan fingerprint density at radius 3 is 2.90 bits per heavy atom. The Kier molecular flexibility index (Phi) is 5.89. The van der Waals surface area contributed by atoms with Crippen molar-refractivity contribution in [3.8, 4) is 11.5 Å². The predicted molar refractivity (Wildman–Crippen MR) is 82.4 cm³/mol. The fourth-order valence-corrected chi connectivity index (χ4v) is 2.21. The highest BCUT2D eigenvalue weighted by Gasteiger charge is 2.10. The van der Waals surface area contributed by atoms with Crippen molar-refractivity contribution in [3.05, 3.63) is 34.6 Å². The van der Waals surface area contributed by atoms with Gasteiger partial charge in [0.1, 0.15) is 0 Å². The lowest BCUT2D eigenvalue weighted by Gasteiger charge is -2.02. The fraction of sp³-hybridized carbons (Fsp3) is 0.357. The Hall–Kier alpha value is -1.73. The molecular formula is C14H17BrN4O2. The SMILES string of the molecule is CCNC(=O)CCNCc1nnc(-c2ccccc2Br)o1. The molecule has 0 aliphatic heterocycles.